The molecule has 118 valence electrons. The van der Waals surface area contributed by atoms with Crippen LogP contribution >= 0.6 is 0 Å². The van der Waals surface area contributed by atoms with Gasteiger partial charge in [-0.2, -0.15) is 0 Å². The maximum absolute atomic E-state index is 6.49. The van der Waals surface area contributed by atoms with Crippen molar-refractivity contribution in [1.82, 2.24) is 0 Å². The smallest absolute Gasteiger partial charge is 0.0610 e. The van der Waals surface area contributed by atoms with E-state index in [1.165, 1.54) is 70.6 Å². The van der Waals surface area contributed by atoms with Gasteiger partial charge in [-0.3, -0.25) is 0 Å². The van der Waals surface area contributed by atoms with Gasteiger partial charge in [0.25, 0.3) is 0 Å². The summed E-state index contributed by atoms with van der Waals surface area (Å²) >= 11 is 0. The molecule has 2 rings (SSSR count). The largest absolute Gasteiger partial charge is 0.374 e. The minimum atomic E-state index is 0.537. The van der Waals surface area contributed by atoms with Crippen molar-refractivity contribution >= 4 is 0 Å². The molecule has 4 unspecified atom stereocenters. The van der Waals surface area contributed by atoms with Crippen LogP contribution < -0.4 is 0 Å². The Morgan fingerprint density at radius 1 is 0.850 bits per heavy atom. The Bertz CT molecular complexity index is 260. The Kier molecular flexibility index (Phi) is 6.87. The second-order valence-corrected chi connectivity index (χ2v) is 7.77. The van der Waals surface area contributed by atoms with Gasteiger partial charge in [0.2, 0.25) is 0 Å². The van der Waals surface area contributed by atoms with Crippen LogP contribution in [0.5, 0.6) is 0 Å². The SMILES string of the molecule is CC(C)CC1OC2CCCCCCCCCCC2C1C. The van der Waals surface area contributed by atoms with E-state index in [4.69, 9.17) is 4.74 Å². The average Bonchev–Trinajstić information content (AvgIpc) is 2.66. The van der Waals surface area contributed by atoms with Crippen molar-refractivity contribution in [1.29, 1.82) is 0 Å². The molecule has 0 aromatic rings. The van der Waals surface area contributed by atoms with E-state index in [1.807, 2.05) is 0 Å². The first kappa shape index (κ1) is 16.3. The highest BCUT2D eigenvalue weighted by atomic mass is 16.5. The molecule has 2 aliphatic rings. The van der Waals surface area contributed by atoms with Crippen LogP contribution in [0.3, 0.4) is 0 Å². The van der Waals surface area contributed by atoms with Gasteiger partial charge in [0.1, 0.15) is 0 Å². The lowest BCUT2D eigenvalue weighted by atomic mass is 9.81. The minimum Gasteiger partial charge on any atom is -0.374 e. The summed E-state index contributed by atoms with van der Waals surface area (Å²) in [6.45, 7) is 7.13. The minimum absolute atomic E-state index is 0.537. The van der Waals surface area contributed by atoms with Crippen LogP contribution in [0, 0.1) is 17.8 Å². The Labute approximate surface area is 126 Å². The van der Waals surface area contributed by atoms with Crippen molar-refractivity contribution < 1.29 is 4.74 Å². The molecule has 1 nitrogen and oxygen atoms in total. The topological polar surface area (TPSA) is 9.23 Å². The van der Waals surface area contributed by atoms with Crippen molar-refractivity contribution in [2.75, 3.05) is 0 Å². The maximum atomic E-state index is 6.49. The first-order chi connectivity index (χ1) is 9.68. The van der Waals surface area contributed by atoms with Gasteiger partial charge in [0.05, 0.1) is 12.2 Å². The van der Waals surface area contributed by atoms with Gasteiger partial charge < -0.3 is 4.74 Å². The second-order valence-electron chi connectivity index (χ2n) is 7.77. The van der Waals surface area contributed by atoms with Crippen molar-refractivity contribution in [3.8, 4) is 0 Å². The van der Waals surface area contributed by atoms with E-state index in [2.05, 4.69) is 20.8 Å². The third kappa shape index (κ3) is 4.76. The van der Waals surface area contributed by atoms with E-state index in [-0.39, 0.29) is 0 Å². The van der Waals surface area contributed by atoms with Crippen molar-refractivity contribution in [2.45, 2.75) is 104 Å². The standard InChI is InChI=1S/C19H36O/c1-15(2)14-19-16(3)17-12-10-8-6-4-5-7-9-11-13-18(17)20-19/h15-19H,4-14H2,1-3H3. The Balaban J connectivity index is 1.92. The molecule has 0 spiro atoms. The van der Waals surface area contributed by atoms with Crippen molar-refractivity contribution in [3.05, 3.63) is 0 Å². The zero-order valence-corrected chi connectivity index (χ0v) is 14.1. The summed E-state index contributed by atoms with van der Waals surface area (Å²) in [6.07, 6.45) is 16.6. The molecule has 0 amide bonds. The lowest BCUT2D eigenvalue weighted by Crippen LogP contribution is -2.20. The first-order valence-corrected chi connectivity index (χ1v) is 9.34. The lowest BCUT2D eigenvalue weighted by molar-refractivity contribution is 0.0127. The highest BCUT2D eigenvalue weighted by Crippen LogP contribution is 2.40. The monoisotopic (exact) mass is 280 g/mol. The molecule has 0 N–H and O–H groups in total. The van der Waals surface area contributed by atoms with Crippen molar-refractivity contribution in [2.24, 2.45) is 17.8 Å². The molecule has 2 fully saturated rings. The molecule has 0 radical (unpaired) electrons. The molecule has 0 bridgehead atoms. The molecule has 0 aromatic heterocycles. The molecule has 1 aliphatic carbocycles. The van der Waals surface area contributed by atoms with Gasteiger partial charge in [0.15, 0.2) is 0 Å². The number of fused-ring (bicyclic) bond motifs is 1. The van der Waals surface area contributed by atoms with Gasteiger partial charge in [0, 0.05) is 0 Å². The van der Waals surface area contributed by atoms with Crippen LogP contribution in [0.1, 0.15) is 91.4 Å². The normalized spacial score (nSPS) is 37.2. The van der Waals surface area contributed by atoms with Gasteiger partial charge in [-0.25, -0.2) is 0 Å². The molecular weight excluding hydrogens is 244 g/mol. The van der Waals surface area contributed by atoms with Crippen LogP contribution in [-0.2, 0) is 4.74 Å². The van der Waals surface area contributed by atoms with Gasteiger partial charge >= 0.3 is 0 Å². The molecule has 1 saturated carbocycles. The number of rotatable bonds is 2. The highest BCUT2D eigenvalue weighted by molar-refractivity contribution is 4.88. The number of ether oxygens (including phenoxy) is 1. The maximum Gasteiger partial charge on any atom is 0.0610 e. The quantitative estimate of drug-likeness (QED) is 0.605. The molecular formula is C19H36O. The van der Waals surface area contributed by atoms with Gasteiger partial charge in [-0.15, -0.1) is 0 Å². The zero-order valence-electron chi connectivity index (χ0n) is 14.1. The van der Waals surface area contributed by atoms with Crippen molar-refractivity contribution in [3.63, 3.8) is 0 Å². The van der Waals surface area contributed by atoms with Crippen LogP contribution in [0.2, 0.25) is 0 Å². The lowest BCUT2D eigenvalue weighted by Gasteiger charge is -2.22. The van der Waals surface area contributed by atoms with Crippen LogP contribution in [0.4, 0.5) is 0 Å². The molecule has 1 saturated heterocycles. The molecule has 20 heavy (non-hydrogen) atoms. The molecule has 1 aliphatic heterocycles. The second kappa shape index (κ2) is 8.41. The molecule has 1 heterocycles. The Morgan fingerprint density at radius 3 is 2.00 bits per heavy atom. The average molecular weight is 280 g/mol. The molecule has 0 aromatic carbocycles. The summed E-state index contributed by atoms with van der Waals surface area (Å²) < 4.78 is 6.49. The van der Waals surface area contributed by atoms with E-state index < -0.39 is 0 Å². The third-order valence-electron chi connectivity index (χ3n) is 5.57. The van der Waals surface area contributed by atoms with Gasteiger partial charge in [-0.05, 0) is 37.0 Å². The summed E-state index contributed by atoms with van der Waals surface area (Å²) in [5.41, 5.74) is 0. The summed E-state index contributed by atoms with van der Waals surface area (Å²) in [5, 5.41) is 0. The zero-order chi connectivity index (χ0) is 14.4. The fourth-order valence-electron chi connectivity index (χ4n) is 4.32. The Morgan fingerprint density at radius 2 is 1.40 bits per heavy atom. The fourth-order valence-corrected chi connectivity index (χ4v) is 4.32. The van der Waals surface area contributed by atoms with E-state index >= 15 is 0 Å². The summed E-state index contributed by atoms with van der Waals surface area (Å²) in [6, 6.07) is 0. The van der Waals surface area contributed by atoms with Crippen LogP contribution in [-0.4, -0.2) is 12.2 Å². The summed E-state index contributed by atoms with van der Waals surface area (Å²) in [4.78, 5) is 0. The highest BCUT2D eigenvalue weighted by Gasteiger charge is 2.40. The third-order valence-corrected chi connectivity index (χ3v) is 5.57. The number of hydrogen-bond acceptors (Lipinski definition) is 1. The van der Waals surface area contributed by atoms with E-state index in [0.717, 1.165) is 17.8 Å². The van der Waals surface area contributed by atoms with E-state index in [0.29, 0.717) is 12.2 Å². The summed E-state index contributed by atoms with van der Waals surface area (Å²) in [5.74, 6) is 2.40. The predicted octanol–water partition coefficient (Wildman–Crippen LogP) is 5.97. The van der Waals surface area contributed by atoms with Crippen LogP contribution in [0.25, 0.3) is 0 Å². The Hall–Kier alpha value is -0.0400. The fraction of sp³-hybridized carbons (Fsp3) is 1.00. The summed E-state index contributed by atoms with van der Waals surface area (Å²) in [7, 11) is 0. The molecule has 4 atom stereocenters. The van der Waals surface area contributed by atoms with Gasteiger partial charge in [-0.1, -0.05) is 72.1 Å². The van der Waals surface area contributed by atoms with E-state index in [1.54, 1.807) is 0 Å². The van der Waals surface area contributed by atoms with E-state index in [9.17, 15) is 0 Å². The first-order valence-electron chi connectivity index (χ1n) is 9.34. The molecule has 1 heteroatoms. The number of hydrogen-bond donors (Lipinski definition) is 0. The van der Waals surface area contributed by atoms with Crippen LogP contribution in [0.15, 0.2) is 0 Å². The predicted molar refractivity (Wildman–Crippen MR) is 86.9 cm³/mol.